The fourth-order valence-corrected chi connectivity index (χ4v) is 5.47. The zero-order valence-electron chi connectivity index (χ0n) is 29.9. The standard InChI is InChI=1S/C34H49N3.C8H9F/c1-9-13-28(6)25-37(34-24-32(27(4)5)17-18-33(34)35-7)22-20-31(14-10-2)26-36(8)21-19-30-16-12-15-29(11-3)23-30;1-6-3-4-7(2)8(9)5-6/h10,12,14-18,23-24,26,28H,4,7,9,11,13,19-22,25H2,1-3,5-6,8H3;3-5H,1-2H3/b14-10-,31-26+;/t28-;/m0./s1. The van der Waals surface area contributed by atoms with Gasteiger partial charge in [-0.25, -0.2) is 4.39 Å². The van der Waals surface area contributed by atoms with Crippen LogP contribution in [0.3, 0.4) is 0 Å². The molecule has 1 atom stereocenters. The van der Waals surface area contributed by atoms with Crippen LogP contribution in [0.2, 0.25) is 0 Å². The van der Waals surface area contributed by atoms with Crippen LogP contribution >= 0.6 is 0 Å². The van der Waals surface area contributed by atoms with Gasteiger partial charge in [0.1, 0.15) is 5.82 Å². The molecule has 3 rings (SSSR count). The maximum Gasteiger partial charge on any atom is 0.126 e. The summed E-state index contributed by atoms with van der Waals surface area (Å²) in [6.07, 6.45) is 12.2. The predicted molar refractivity (Wildman–Crippen MR) is 202 cm³/mol. The predicted octanol–water partition coefficient (Wildman–Crippen LogP) is 11.3. The summed E-state index contributed by atoms with van der Waals surface area (Å²) in [6.45, 7) is 25.6. The van der Waals surface area contributed by atoms with Gasteiger partial charge in [-0.2, -0.15) is 0 Å². The van der Waals surface area contributed by atoms with Crippen LogP contribution in [0.25, 0.3) is 5.57 Å². The number of hydrogen-bond acceptors (Lipinski definition) is 3. The molecule has 0 radical (unpaired) electrons. The van der Waals surface area contributed by atoms with Crippen LogP contribution in [0.15, 0.2) is 96.2 Å². The Hall–Kier alpha value is -3.92. The highest BCUT2D eigenvalue weighted by molar-refractivity contribution is 5.75. The van der Waals surface area contributed by atoms with E-state index in [1.165, 1.54) is 35.6 Å². The molecule has 0 aromatic heterocycles. The molecule has 0 spiro atoms. The maximum absolute atomic E-state index is 12.6. The Bertz CT molecular complexity index is 1450. The van der Waals surface area contributed by atoms with Gasteiger partial charge >= 0.3 is 0 Å². The molecule has 248 valence electrons. The van der Waals surface area contributed by atoms with Gasteiger partial charge in [0, 0.05) is 32.9 Å². The monoisotopic (exact) mass is 623 g/mol. The van der Waals surface area contributed by atoms with Crippen molar-refractivity contribution in [3.8, 4) is 0 Å². The van der Waals surface area contributed by atoms with E-state index in [4.69, 9.17) is 0 Å². The van der Waals surface area contributed by atoms with Gasteiger partial charge in [-0.15, -0.1) is 0 Å². The minimum absolute atomic E-state index is 0.116. The lowest BCUT2D eigenvalue weighted by Crippen LogP contribution is -2.30. The van der Waals surface area contributed by atoms with Gasteiger partial charge in [-0.05, 0) is 118 Å². The second kappa shape index (κ2) is 20.3. The van der Waals surface area contributed by atoms with Crippen LogP contribution in [0.4, 0.5) is 15.8 Å². The van der Waals surface area contributed by atoms with E-state index in [0.29, 0.717) is 11.5 Å². The fourth-order valence-electron chi connectivity index (χ4n) is 5.47. The van der Waals surface area contributed by atoms with Gasteiger partial charge in [0.05, 0.1) is 11.4 Å². The third-order valence-corrected chi connectivity index (χ3v) is 8.21. The number of rotatable bonds is 16. The lowest BCUT2D eigenvalue weighted by Gasteiger charge is -2.30. The summed E-state index contributed by atoms with van der Waals surface area (Å²) in [7, 11) is 2.18. The van der Waals surface area contributed by atoms with Gasteiger partial charge < -0.3 is 9.80 Å². The second-order valence-electron chi connectivity index (χ2n) is 12.6. The molecule has 0 aliphatic rings. The molecular weight excluding hydrogens is 565 g/mol. The molecule has 3 aromatic carbocycles. The molecule has 0 saturated heterocycles. The van der Waals surface area contributed by atoms with Crippen LogP contribution in [-0.2, 0) is 12.8 Å². The average molecular weight is 624 g/mol. The van der Waals surface area contributed by atoms with E-state index in [2.05, 4.69) is 131 Å². The molecule has 0 heterocycles. The van der Waals surface area contributed by atoms with Gasteiger partial charge in [0.2, 0.25) is 0 Å². The molecule has 46 heavy (non-hydrogen) atoms. The number of nitrogens with zero attached hydrogens (tertiary/aromatic N) is 3. The fraction of sp³-hybridized carbons (Fsp3) is 0.405. The van der Waals surface area contributed by atoms with E-state index in [-0.39, 0.29) is 5.82 Å². The quantitative estimate of drug-likeness (QED) is 0.117. The van der Waals surface area contributed by atoms with Gasteiger partial charge in [0.15, 0.2) is 0 Å². The third-order valence-electron chi connectivity index (χ3n) is 8.21. The van der Waals surface area contributed by atoms with Crippen molar-refractivity contribution in [2.45, 2.75) is 80.6 Å². The van der Waals surface area contributed by atoms with Crippen LogP contribution in [0.5, 0.6) is 0 Å². The number of anilines is 1. The Morgan fingerprint density at radius 1 is 1.00 bits per heavy atom. The van der Waals surface area contributed by atoms with Crippen molar-refractivity contribution in [2.75, 3.05) is 31.6 Å². The zero-order chi connectivity index (χ0) is 34.1. The highest BCUT2D eigenvalue weighted by Gasteiger charge is 2.16. The second-order valence-corrected chi connectivity index (χ2v) is 12.6. The summed E-state index contributed by atoms with van der Waals surface area (Å²) in [5.41, 5.74) is 10.2. The van der Waals surface area contributed by atoms with Crippen molar-refractivity contribution in [2.24, 2.45) is 10.9 Å². The SMILES string of the molecule is C=Nc1ccc(C(=C)C)cc1N(CCC(/C=C\C)=C/N(C)CCc1cccc(CC)c1)C[C@@H](C)CCC.Cc1ccc(C)c(F)c1. The van der Waals surface area contributed by atoms with Crippen LogP contribution < -0.4 is 4.90 Å². The van der Waals surface area contributed by atoms with E-state index in [1.54, 1.807) is 13.0 Å². The summed E-state index contributed by atoms with van der Waals surface area (Å²) < 4.78 is 12.6. The van der Waals surface area contributed by atoms with E-state index >= 15 is 0 Å². The van der Waals surface area contributed by atoms with E-state index in [1.807, 2.05) is 13.0 Å². The lowest BCUT2D eigenvalue weighted by atomic mass is 10.0. The number of allylic oxidation sites excluding steroid dienone is 3. The molecule has 3 nitrogen and oxygen atoms in total. The van der Waals surface area contributed by atoms with Crippen molar-refractivity contribution < 1.29 is 4.39 Å². The van der Waals surface area contributed by atoms with E-state index in [9.17, 15) is 4.39 Å². The van der Waals surface area contributed by atoms with E-state index in [0.717, 1.165) is 67.0 Å². The van der Waals surface area contributed by atoms with Crippen LogP contribution in [0, 0.1) is 25.6 Å². The number of halogens is 1. The van der Waals surface area contributed by atoms with Gasteiger partial charge in [0.25, 0.3) is 0 Å². The van der Waals surface area contributed by atoms with Crippen molar-refractivity contribution in [1.29, 1.82) is 0 Å². The first kappa shape index (κ1) is 38.3. The summed E-state index contributed by atoms with van der Waals surface area (Å²) in [6, 6.07) is 20.6. The number of hydrogen-bond donors (Lipinski definition) is 0. The Balaban J connectivity index is 0.000000700. The Morgan fingerprint density at radius 3 is 2.35 bits per heavy atom. The van der Waals surface area contributed by atoms with Crippen LogP contribution in [-0.4, -0.2) is 38.3 Å². The number of benzene rings is 3. The average Bonchev–Trinajstić information content (AvgIpc) is 3.04. The van der Waals surface area contributed by atoms with Crippen molar-refractivity contribution in [1.82, 2.24) is 4.90 Å². The number of likely N-dealkylation sites (N-methyl/N-ethyl adjacent to an activating group) is 1. The molecular formula is C42H58FN3. The molecule has 0 fully saturated rings. The Kier molecular flexibility index (Phi) is 16.8. The van der Waals surface area contributed by atoms with Crippen LogP contribution in [0.1, 0.15) is 81.7 Å². The molecule has 4 heteroatoms. The summed E-state index contributed by atoms with van der Waals surface area (Å²) in [5, 5.41) is 0. The minimum Gasteiger partial charge on any atom is -0.380 e. The summed E-state index contributed by atoms with van der Waals surface area (Å²) in [5.74, 6) is 0.488. The largest absolute Gasteiger partial charge is 0.380 e. The number of aliphatic imine (C=N–C) groups is 1. The van der Waals surface area contributed by atoms with E-state index < -0.39 is 0 Å². The van der Waals surface area contributed by atoms with Gasteiger partial charge in [-0.1, -0.05) is 94.0 Å². The normalized spacial score (nSPS) is 12.0. The Labute approximate surface area is 280 Å². The van der Waals surface area contributed by atoms with Crippen molar-refractivity contribution in [3.05, 3.63) is 125 Å². The minimum atomic E-state index is -0.116. The molecule has 0 bridgehead atoms. The van der Waals surface area contributed by atoms with Crippen molar-refractivity contribution in [3.63, 3.8) is 0 Å². The highest BCUT2D eigenvalue weighted by atomic mass is 19.1. The Morgan fingerprint density at radius 2 is 1.74 bits per heavy atom. The molecule has 0 aliphatic heterocycles. The number of aryl methyl sites for hydroxylation is 3. The smallest absolute Gasteiger partial charge is 0.126 e. The lowest BCUT2D eigenvalue weighted by molar-refractivity contribution is 0.456. The highest BCUT2D eigenvalue weighted by Crippen LogP contribution is 2.33. The zero-order valence-corrected chi connectivity index (χ0v) is 29.9. The molecule has 0 N–H and O–H groups in total. The molecule has 3 aromatic rings. The molecule has 0 saturated carbocycles. The topological polar surface area (TPSA) is 18.8 Å². The molecule has 0 aliphatic carbocycles. The first-order valence-electron chi connectivity index (χ1n) is 16.9. The maximum atomic E-state index is 12.6. The summed E-state index contributed by atoms with van der Waals surface area (Å²) in [4.78, 5) is 9.20. The molecule has 0 amide bonds. The van der Waals surface area contributed by atoms with Crippen molar-refractivity contribution >= 4 is 23.7 Å². The third kappa shape index (κ3) is 13.2. The molecule has 0 unspecified atom stereocenters. The summed E-state index contributed by atoms with van der Waals surface area (Å²) >= 11 is 0. The first-order valence-corrected chi connectivity index (χ1v) is 16.9. The van der Waals surface area contributed by atoms with Gasteiger partial charge in [-0.3, -0.25) is 4.99 Å². The first-order chi connectivity index (χ1) is 22.0.